The van der Waals surface area contributed by atoms with Crippen LogP contribution in [0.2, 0.25) is 0 Å². The molecule has 1 saturated heterocycles. The van der Waals surface area contributed by atoms with Crippen molar-refractivity contribution in [2.45, 2.75) is 33.7 Å². The number of carbonyl (C=O) groups excluding carboxylic acids is 2. The second-order valence-corrected chi connectivity index (χ2v) is 7.93. The van der Waals surface area contributed by atoms with Gasteiger partial charge in [0, 0.05) is 49.2 Å². The molecular formula is C23H31N3O3. The normalized spacial score (nSPS) is 15.0. The van der Waals surface area contributed by atoms with Crippen molar-refractivity contribution < 1.29 is 14.3 Å². The Kier molecular flexibility index (Phi) is 6.75. The van der Waals surface area contributed by atoms with Crippen LogP contribution in [0.4, 0.5) is 0 Å². The molecule has 0 aliphatic carbocycles. The van der Waals surface area contributed by atoms with E-state index in [0.717, 1.165) is 17.0 Å². The number of nitrogens with zero attached hydrogens (tertiary/aromatic N) is 3. The molecule has 2 aromatic rings. The highest BCUT2D eigenvalue weighted by molar-refractivity contribution is 5.99. The Labute approximate surface area is 173 Å². The summed E-state index contributed by atoms with van der Waals surface area (Å²) in [5.41, 5.74) is 2.97. The molecule has 0 unspecified atom stereocenters. The van der Waals surface area contributed by atoms with Crippen LogP contribution in [0.3, 0.4) is 0 Å². The van der Waals surface area contributed by atoms with Gasteiger partial charge in [-0.15, -0.1) is 0 Å². The van der Waals surface area contributed by atoms with E-state index < -0.39 is 0 Å². The molecule has 1 aliphatic heterocycles. The van der Waals surface area contributed by atoms with Gasteiger partial charge < -0.3 is 14.2 Å². The lowest BCUT2D eigenvalue weighted by atomic mass is 10.1. The highest BCUT2D eigenvalue weighted by Crippen LogP contribution is 2.21. The van der Waals surface area contributed by atoms with Gasteiger partial charge in [0.2, 0.25) is 0 Å². The number of ether oxygens (including phenoxy) is 1. The Bertz CT molecular complexity index is 850. The molecule has 6 heteroatoms. The molecule has 3 rings (SSSR count). The average Bonchev–Trinajstić information content (AvgIpc) is 3.01. The van der Waals surface area contributed by atoms with E-state index in [4.69, 9.17) is 4.74 Å². The fourth-order valence-electron chi connectivity index (χ4n) is 4.05. The number of aromatic nitrogens is 1. The zero-order valence-corrected chi connectivity index (χ0v) is 17.9. The van der Waals surface area contributed by atoms with Crippen LogP contribution in [0.25, 0.3) is 0 Å². The van der Waals surface area contributed by atoms with E-state index in [9.17, 15) is 9.59 Å². The van der Waals surface area contributed by atoms with Crippen molar-refractivity contribution in [3.8, 4) is 5.75 Å². The molecule has 0 atom stereocenters. The minimum absolute atomic E-state index is 0.0136. The quantitative estimate of drug-likeness (QED) is 0.674. The van der Waals surface area contributed by atoms with E-state index in [1.807, 2.05) is 55.1 Å². The lowest BCUT2D eigenvalue weighted by Crippen LogP contribution is -2.51. The number of benzene rings is 1. The summed E-state index contributed by atoms with van der Waals surface area (Å²) in [5, 5.41) is 0. The van der Waals surface area contributed by atoms with Crippen molar-refractivity contribution in [1.82, 2.24) is 14.4 Å². The third-order valence-electron chi connectivity index (χ3n) is 5.50. The smallest absolute Gasteiger partial charge is 0.260 e. The maximum Gasteiger partial charge on any atom is 0.260 e. The lowest BCUT2D eigenvalue weighted by molar-refractivity contribution is -0.135. The van der Waals surface area contributed by atoms with Gasteiger partial charge in [0.25, 0.3) is 5.91 Å². The van der Waals surface area contributed by atoms with Crippen LogP contribution in [0.1, 0.15) is 41.6 Å². The predicted octanol–water partition coefficient (Wildman–Crippen LogP) is 3.09. The molecule has 0 bridgehead atoms. The number of carbonyl (C=O) groups is 2. The first kappa shape index (κ1) is 21.1. The van der Waals surface area contributed by atoms with E-state index in [2.05, 4.69) is 23.3 Å². The van der Waals surface area contributed by atoms with Crippen LogP contribution in [0.15, 0.2) is 36.4 Å². The molecule has 156 valence electrons. The summed E-state index contributed by atoms with van der Waals surface area (Å²) in [6, 6.07) is 11.7. The Morgan fingerprint density at radius 1 is 1.03 bits per heavy atom. The summed E-state index contributed by atoms with van der Waals surface area (Å²) < 4.78 is 7.76. The molecule has 29 heavy (non-hydrogen) atoms. The van der Waals surface area contributed by atoms with Gasteiger partial charge in [-0.1, -0.05) is 18.2 Å². The largest absolute Gasteiger partial charge is 0.484 e. The van der Waals surface area contributed by atoms with Crippen molar-refractivity contribution >= 4 is 11.7 Å². The number of aryl methyl sites for hydroxylation is 1. The number of ketones is 1. The molecule has 1 fully saturated rings. The zero-order valence-electron chi connectivity index (χ0n) is 17.9. The maximum atomic E-state index is 12.8. The Hall–Kier alpha value is -2.60. The average molecular weight is 398 g/mol. The number of para-hydroxylation sites is 1. The molecule has 2 heterocycles. The van der Waals surface area contributed by atoms with Crippen molar-refractivity contribution in [3.05, 3.63) is 53.3 Å². The van der Waals surface area contributed by atoms with Crippen LogP contribution in [0, 0.1) is 13.8 Å². The maximum absolute atomic E-state index is 12.8. The summed E-state index contributed by atoms with van der Waals surface area (Å²) in [6.07, 6.45) is 0. The molecule has 1 aromatic heterocycles. The summed E-state index contributed by atoms with van der Waals surface area (Å²) in [5.74, 6) is 0.835. The van der Waals surface area contributed by atoms with Crippen molar-refractivity contribution in [1.29, 1.82) is 0 Å². The summed E-state index contributed by atoms with van der Waals surface area (Å²) in [7, 11) is 0. The first-order valence-electron chi connectivity index (χ1n) is 10.3. The molecule has 6 nitrogen and oxygen atoms in total. The van der Waals surface area contributed by atoms with E-state index in [0.29, 0.717) is 44.5 Å². The minimum atomic E-state index is -0.0136. The number of rotatable bonds is 7. The van der Waals surface area contributed by atoms with Crippen LogP contribution < -0.4 is 4.74 Å². The fourth-order valence-corrected chi connectivity index (χ4v) is 4.05. The summed E-state index contributed by atoms with van der Waals surface area (Å²) >= 11 is 0. The highest BCUT2D eigenvalue weighted by atomic mass is 16.5. The minimum Gasteiger partial charge on any atom is -0.484 e. The molecule has 1 aliphatic rings. The van der Waals surface area contributed by atoms with E-state index in [1.54, 1.807) is 0 Å². The lowest BCUT2D eigenvalue weighted by Gasteiger charge is -2.34. The number of piperazine rings is 1. The summed E-state index contributed by atoms with van der Waals surface area (Å²) in [6.45, 7) is 11.4. The predicted molar refractivity (Wildman–Crippen MR) is 114 cm³/mol. The van der Waals surface area contributed by atoms with Gasteiger partial charge in [-0.05, 0) is 45.9 Å². The first-order chi connectivity index (χ1) is 13.9. The van der Waals surface area contributed by atoms with Gasteiger partial charge in [0.05, 0.1) is 6.54 Å². The van der Waals surface area contributed by atoms with Crippen molar-refractivity contribution in [2.24, 2.45) is 0 Å². The van der Waals surface area contributed by atoms with Crippen molar-refractivity contribution in [2.75, 3.05) is 39.3 Å². The summed E-state index contributed by atoms with van der Waals surface area (Å²) in [4.78, 5) is 29.2. The number of hydrogen-bond acceptors (Lipinski definition) is 4. The van der Waals surface area contributed by atoms with Gasteiger partial charge in [-0.2, -0.15) is 0 Å². The molecule has 0 saturated carbocycles. The second kappa shape index (κ2) is 9.27. The van der Waals surface area contributed by atoms with Gasteiger partial charge in [-0.25, -0.2) is 0 Å². The van der Waals surface area contributed by atoms with Crippen LogP contribution in [0.5, 0.6) is 5.75 Å². The fraction of sp³-hybridized carbons (Fsp3) is 0.478. The Morgan fingerprint density at radius 2 is 1.69 bits per heavy atom. The molecule has 0 radical (unpaired) electrons. The number of amides is 1. The molecule has 0 N–H and O–H groups in total. The number of Topliss-reactive ketones (excluding diaryl/α,β-unsaturated/α-hetero) is 1. The van der Waals surface area contributed by atoms with E-state index in [1.165, 1.54) is 0 Å². The first-order valence-corrected chi connectivity index (χ1v) is 10.3. The second-order valence-electron chi connectivity index (χ2n) is 7.93. The van der Waals surface area contributed by atoms with Crippen LogP contribution >= 0.6 is 0 Å². The topological polar surface area (TPSA) is 54.8 Å². The van der Waals surface area contributed by atoms with Gasteiger partial charge >= 0.3 is 0 Å². The molecule has 1 amide bonds. The van der Waals surface area contributed by atoms with Gasteiger partial charge in [0.1, 0.15) is 5.75 Å². The van der Waals surface area contributed by atoms with E-state index >= 15 is 0 Å². The van der Waals surface area contributed by atoms with Crippen molar-refractivity contribution in [3.63, 3.8) is 0 Å². The van der Waals surface area contributed by atoms with Crippen LogP contribution in [-0.4, -0.2) is 65.4 Å². The number of hydrogen-bond donors (Lipinski definition) is 0. The monoisotopic (exact) mass is 397 g/mol. The Morgan fingerprint density at radius 3 is 2.28 bits per heavy atom. The van der Waals surface area contributed by atoms with Gasteiger partial charge in [-0.3, -0.25) is 14.5 Å². The molecular weight excluding hydrogens is 366 g/mol. The molecule has 1 aromatic carbocycles. The van der Waals surface area contributed by atoms with E-state index in [-0.39, 0.29) is 18.3 Å². The highest BCUT2D eigenvalue weighted by Gasteiger charge is 2.24. The SMILES string of the molecule is Cc1cc(C(=O)CN2CCN(C(=O)COc3ccccc3)CC2)c(C)n1C(C)C. The van der Waals surface area contributed by atoms with Crippen LogP contribution in [-0.2, 0) is 4.79 Å². The standard InChI is InChI=1S/C23H31N3O3/c1-17(2)26-18(3)14-21(19(26)4)22(27)15-24-10-12-25(13-11-24)23(28)16-29-20-8-6-5-7-9-20/h5-9,14,17H,10-13,15-16H2,1-4H3. The van der Waals surface area contributed by atoms with Gasteiger partial charge in [0.15, 0.2) is 12.4 Å². The zero-order chi connectivity index (χ0) is 21.0. The third kappa shape index (κ3) is 5.07. The molecule has 0 spiro atoms. The Balaban J connectivity index is 1.49. The third-order valence-corrected chi connectivity index (χ3v) is 5.50.